The normalized spacial score (nSPS) is 19.1. The Bertz CT molecular complexity index is 1450. The van der Waals surface area contributed by atoms with E-state index in [1.165, 1.54) is 6.07 Å². The number of benzene rings is 2. The van der Waals surface area contributed by atoms with E-state index in [0.29, 0.717) is 35.9 Å². The molecule has 3 N–H and O–H groups in total. The maximum absolute atomic E-state index is 13.1. The molecular weight excluding hydrogens is 514 g/mol. The van der Waals surface area contributed by atoms with Gasteiger partial charge in [-0.05, 0) is 73.9 Å². The minimum Gasteiger partial charge on any atom is -0.478 e. The molecule has 2 aromatic carbocycles. The predicted octanol–water partition coefficient (Wildman–Crippen LogP) is 6.98. The number of aromatic carboxylic acids is 1. The summed E-state index contributed by atoms with van der Waals surface area (Å²) in [6, 6.07) is 9.14. The van der Waals surface area contributed by atoms with E-state index in [2.05, 4.69) is 55.5 Å². The van der Waals surface area contributed by atoms with Crippen molar-refractivity contribution in [3.63, 3.8) is 0 Å². The van der Waals surface area contributed by atoms with Crippen LogP contribution in [0.1, 0.15) is 91.8 Å². The number of carboxylic acids is 1. The summed E-state index contributed by atoms with van der Waals surface area (Å²) in [5, 5.41) is 16.8. The molecule has 7 heteroatoms. The highest BCUT2D eigenvalue weighted by atomic mass is 16.5. The van der Waals surface area contributed by atoms with Crippen molar-refractivity contribution in [1.29, 1.82) is 0 Å². The maximum atomic E-state index is 13.1. The molecule has 1 heterocycles. The molecule has 0 aromatic heterocycles. The van der Waals surface area contributed by atoms with Gasteiger partial charge in [0.1, 0.15) is 11.5 Å². The molecule has 1 aliphatic heterocycles. The zero-order valence-electron chi connectivity index (χ0n) is 25.5. The highest BCUT2D eigenvalue weighted by molar-refractivity contribution is 6.09. The first-order valence-electron chi connectivity index (χ1n) is 14.5. The summed E-state index contributed by atoms with van der Waals surface area (Å²) < 4.78 is 6.48. The van der Waals surface area contributed by atoms with Gasteiger partial charge in [0.2, 0.25) is 0 Å². The molecule has 0 fully saturated rings. The molecule has 1 amide bonds. The summed E-state index contributed by atoms with van der Waals surface area (Å²) >= 11 is 0. The van der Waals surface area contributed by atoms with Gasteiger partial charge in [0.15, 0.2) is 0 Å². The molecule has 4 rings (SSSR count). The van der Waals surface area contributed by atoms with Crippen molar-refractivity contribution in [2.24, 2.45) is 22.2 Å². The Kier molecular flexibility index (Phi) is 8.76. The molecule has 2 unspecified atom stereocenters. The SMILES string of the molecule is CCN=C1C=C2Oc3cc(NCC)c(C)cc3C(c3ccc(C(=O)NCC(C)(C)C(C)C)cc3C(=O)O)C2C=C1C. The number of carboxylic acid groups (broad SMARTS) is 1. The lowest BCUT2D eigenvalue weighted by Crippen LogP contribution is -2.37. The maximum Gasteiger partial charge on any atom is 0.336 e. The molecule has 0 radical (unpaired) electrons. The summed E-state index contributed by atoms with van der Waals surface area (Å²) in [7, 11) is 0. The first-order chi connectivity index (χ1) is 19.4. The van der Waals surface area contributed by atoms with Gasteiger partial charge in [0, 0.05) is 60.4 Å². The number of allylic oxidation sites excluding steroid dienone is 3. The topological polar surface area (TPSA) is 100 Å². The summed E-state index contributed by atoms with van der Waals surface area (Å²) in [6.45, 7) is 18.5. The number of aliphatic imine (C=N–C) groups is 1. The van der Waals surface area contributed by atoms with Crippen LogP contribution in [0.5, 0.6) is 5.75 Å². The highest BCUT2D eigenvalue weighted by Crippen LogP contribution is 2.50. The van der Waals surface area contributed by atoms with Gasteiger partial charge in [0.25, 0.3) is 5.91 Å². The Morgan fingerprint density at radius 2 is 1.83 bits per heavy atom. The van der Waals surface area contributed by atoms with Gasteiger partial charge in [-0.2, -0.15) is 0 Å². The fourth-order valence-corrected chi connectivity index (χ4v) is 5.35. The third-order valence-corrected chi connectivity index (χ3v) is 8.56. The lowest BCUT2D eigenvalue weighted by Gasteiger charge is -2.37. The van der Waals surface area contributed by atoms with E-state index in [9.17, 15) is 14.7 Å². The molecule has 2 atom stereocenters. The molecule has 2 aliphatic rings. The van der Waals surface area contributed by atoms with E-state index in [1.807, 2.05) is 39.8 Å². The Morgan fingerprint density at radius 3 is 2.46 bits per heavy atom. The number of carbonyl (C=O) groups excluding carboxylic acids is 1. The van der Waals surface area contributed by atoms with Crippen LogP contribution in [0.4, 0.5) is 5.69 Å². The Hall–Kier alpha value is -3.87. The molecule has 2 aromatic rings. The number of fused-ring (bicyclic) bond motifs is 2. The third kappa shape index (κ3) is 6.09. The zero-order chi connectivity index (χ0) is 30.1. The minimum atomic E-state index is -1.07. The average molecular weight is 558 g/mol. The summed E-state index contributed by atoms with van der Waals surface area (Å²) in [6.07, 6.45) is 4.11. The number of hydrogen-bond donors (Lipinski definition) is 3. The summed E-state index contributed by atoms with van der Waals surface area (Å²) in [4.78, 5) is 30.5. The predicted molar refractivity (Wildman–Crippen MR) is 165 cm³/mol. The molecule has 0 saturated carbocycles. The van der Waals surface area contributed by atoms with Gasteiger partial charge in [0.05, 0.1) is 11.3 Å². The first-order valence-corrected chi connectivity index (χ1v) is 14.5. The van der Waals surface area contributed by atoms with E-state index in [4.69, 9.17) is 4.74 Å². The van der Waals surface area contributed by atoms with Crippen molar-refractivity contribution in [3.05, 3.63) is 81.6 Å². The van der Waals surface area contributed by atoms with Crippen molar-refractivity contribution in [2.45, 2.75) is 61.3 Å². The van der Waals surface area contributed by atoms with Gasteiger partial charge < -0.3 is 20.5 Å². The number of anilines is 1. The van der Waals surface area contributed by atoms with Crippen LogP contribution < -0.4 is 15.4 Å². The van der Waals surface area contributed by atoms with Crippen LogP contribution in [0, 0.1) is 24.2 Å². The van der Waals surface area contributed by atoms with Gasteiger partial charge in [-0.1, -0.05) is 39.8 Å². The van der Waals surface area contributed by atoms with E-state index in [1.54, 1.807) is 12.1 Å². The lowest BCUT2D eigenvalue weighted by molar-refractivity contribution is 0.0694. The average Bonchev–Trinajstić information content (AvgIpc) is 2.92. The molecule has 7 nitrogen and oxygen atoms in total. The number of nitrogens with zero attached hydrogens (tertiary/aromatic N) is 1. The van der Waals surface area contributed by atoms with E-state index in [-0.39, 0.29) is 28.7 Å². The van der Waals surface area contributed by atoms with Crippen LogP contribution in [0.3, 0.4) is 0 Å². The third-order valence-electron chi connectivity index (χ3n) is 8.56. The Labute approximate surface area is 243 Å². The number of hydrogen-bond acceptors (Lipinski definition) is 5. The number of aryl methyl sites for hydroxylation is 1. The summed E-state index contributed by atoms with van der Waals surface area (Å²) in [5.74, 6) is -0.0744. The zero-order valence-corrected chi connectivity index (χ0v) is 25.5. The standard InChI is InChI=1S/C34H43N3O4/c1-9-35-27-16-29-25(13-20(27)5)31(26-14-21(6)28(36-10-2)17-30(26)41-29)23-12-11-22(15-24(23)33(39)40)32(38)37-18-34(7,8)19(3)4/h11-17,19,25,31,36H,9-10,18H2,1-8H3,(H,37,38)(H,39,40). The van der Waals surface area contributed by atoms with Crippen LogP contribution >= 0.6 is 0 Å². The minimum absolute atomic E-state index is 0.0891. The van der Waals surface area contributed by atoms with Crippen molar-refractivity contribution < 1.29 is 19.4 Å². The fourth-order valence-electron chi connectivity index (χ4n) is 5.35. The van der Waals surface area contributed by atoms with Gasteiger partial charge in [-0.25, -0.2) is 4.79 Å². The quantitative estimate of drug-likeness (QED) is 0.309. The molecule has 1 aliphatic carbocycles. The van der Waals surface area contributed by atoms with Crippen molar-refractivity contribution in [1.82, 2.24) is 5.32 Å². The number of ether oxygens (including phenoxy) is 1. The summed E-state index contributed by atoms with van der Waals surface area (Å²) in [5.41, 5.74) is 5.85. The second-order valence-electron chi connectivity index (χ2n) is 12.0. The number of carbonyl (C=O) groups is 2. The number of nitrogens with one attached hydrogen (secondary N) is 2. The molecular formula is C34H43N3O4. The van der Waals surface area contributed by atoms with Crippen molar-refractivity contribution >= 4 is 23.3 Å². The van der Waals surface area contributed by atoms with E-state index >= 15 is 0 Å². The van der Waals surface area contributed by atoms with Gasteiger partial charge >= 0.3 is 5.97 Å². The second-order valence-corrected chi connectivity index (χ2v) is 12.0. The van der Waals surface area contributed by atoms with Gasteiger partial charge in [-0.3, -0.25) is 9.79 Å². The fraction of sp³-hybridized carbons (Fsp3) is 0.441. The van der Waals surface area contributed by atoms with E-state index < -0.39 is 5.97 Å². The van der Waals surface area contributed by atoms with E-state index in [0.717, 1.165) is 40.4 Å². The van der Waals surface area contributed by atoms with Crippen LogP contribution in [0.25, 0.3) is 0 Å². The van der Waals surface area contributed by atoms with Crippen LogP contribution in [0.2, 0.25) is 0 Å². The molecule has 218 valence electrons. The van der Waals surface area contributed by atoms with Crippen LogP contribution in [-0.2, 0) is 0 Å². The molecule has 0 spiro atoms. The van der Waals surface area contributed by atoms with Crippen molar-refractivity contribution in [2.75, 3.05) is 25.0 Å². The van der Waals surface area contributed by atoms with Crippen molar-refractivity contribution in [3.8, 4) is 5.75 Å². The first kappa shape index (κ1) is 30.1. The Balaban J connectivity index is 1.84. The monoisotopic (exact) mass is 557 g/mol. The molecule has 41 heavy (non-hydrogen) atoms. The second kappa shape index (κ2) is 11.9. The molecule has 0 bridgehead atoms. The smallest absolute Gasteiger partial charge is 0.336 e. The van der Waals surface area contributed by atoms with Gasteiger partial charge in [-0.15, -0.1) is 0 Å². The molecule has 0 saturated heterocycles. The Morgan fingerprint density at radius 1 is 1.10 bits per heavy atom. The highest BCUT2D eigenvalue weighted by Gasteiger charge is 2.39. The van der Waals surface area contributed by atoms with Crippen LogP contribution in [0.15, 0.2) is 58.8 Å². The number of rotatable bonds is 9. The lowest BCUT2D eigenvalue weighted by atomic mass is 9.73. The number of amides is 1. The largest absolute Gasteiger partial charge is 0.478 e. The van der Waals surface area contributed by atoms with Crippen LogP contribution in [-0.4, -0.2) is 42.3 Å².